The van der Waals surface area contributed by atoms with Crippen LogP contribution < -0.4 is 5.32 Å². The smallest absolute Gasteiger partial charge is 0.407 e. The van der Waals surface area contributed by atoms with Gasteiger partial charge in [-0.25, -0.2) is 4.79 Å². The second-order valence-corrected chi connectivity index (χ2v) is 4.51. The summed E-state index contributed by atoms with van der Waals surface area (Å²) in [4.78, 5) is 11.1. The van der Waals surface area contributed by atoms with Gasteiger partial charge < -0.3 is 15.2 Å². The van der Waals surface area contributed by atoms with Crippen LogP contribution in [0.5, 0.6) is 0 Å². The van der Waals surface area contributed by atoms with Gasteiger partial charge in [-0.05, 0) is 33.1 Å². The minimum atomic E-state index is -0.452. The van der Waals surface area contributed by atoms with Crippen LogP contribution in [0.1, 0.15) is 34.1 Å². The van der Waals surface area contributed by atoms with Crippen molar-refractivity contribution in [1.82, 2.24) is 5.32 Å². The van der Waals surface area contributed by atoms with Gasteiger partial charge in [-0.2, -0.15) is 0 Å². The molecule has 1 atom stereocenters. The van der Waals surface area contributed by atoms with E-state index in [0.29, 0.717) is 6.54 Å². The lowest BCUT2D eigenvalue weighted by molar-refractivity contribution is 0.0523. The van der Waals surface area contributed by atoms with E-state index < -0.39 is 11.7 Å². The van der Waals surface area contributed by atoms with Crippen molar-refractivity contribution < 1.29 is 14.6 Å². The number of rotatable bonds is 4. The van der Waals surface area contributed by atoms with E-state index in [2.05, 4.69) is 5.32 Å². The fourth-order valence-corrected chi connectivity index (χ4v) is 0.826. The second-order valence-electron chi connectivity index (χ2n) is 4.51. The minimum Gasteiger partial charge on any atom is -0.444 e. The molecule has 0 saturated carbocycles. The quantitative estimate of drug-likeness (QED) is 0.728. The first-order valence-corrected chi connectivity index (χ1v) is 4.93. The zero-order chi connectivity index (χ0) is 11.2. The highest BCUT2D eigenvalue weighted by Gasteiger charge is 2.15. The van der Waals surface area contributed by atoms with E-state index in [1.165, 1.54) is 0 Å². The summed E-state index contributed by atoms with van der Waals surface area (Å²) in [6.45, 7) is 8.08. The van der Waals surface area contributed by atoms with Gasteiger partial charge in [0.05, 0.1) is 0 Å². The van der Waals surface area contributed by atoms with E-state index in [-0.39, 0.29) is 12.5 Å². The van der Waals surface area contributed by atoms with Crippen LogP contribution in [0.25, 0.3) is 0 Å². The first-order chi connectivity index (χ1) is 6.35. The number of carbonyl (C=O) groups is 1. The third-order valence-electron chi connectivity index (χ3n) is 1.62. The van der Waals surface area contributed by atoms with Crippen molar-refractivity contribution in [3.05, 3.63) is 0 Å². The van der Waals surface area contributed by atoms with Crippen LogP contribution in [0.4, 0.5) is 4.79 Å². The van der Waals surface area contributed by atoms with Gasteiger partial charge in [0, 0.05) is 13.2 Å². The Labute approximate surface area is 85.6 Å². The molecule has 0 fully saturated rings. The van der Waals surface area contributed by atoms with Gasteiger partial charge in [-0.3, -0.25) is 0 Å². The van der Waals surface area contributed by atoms with Gasteiger partial charge >= 0.3 is 6.09 Å². The molecular formula is C10H21NO3. The highest BCUT2D eigenvalue weighted by molar-refractivity contribution is 5.67. The Bertz CT molecular complexity index is 175. The highest BCUT2D eigenvalue weighted by atomic mass is 16.6. The molecule has 84 valence electrons. The molecule has 0 radical (unpaired) electrons. The summed E-state index contributed by atoms with van der Waals surface area (Å²) in [5.74, 6) is 0.213. The predicted molar refractivity (Wildman–Crippen MR) is 55.1 cm³/mol. The van der Waals surface area contributed by atoms with E-state index in [1.54, 1.807) is 0 Å². The molecule has 0 saturated heterocycles. The van der Waals surface area contributed by atoms with Gasteiger partial charge in [-0.15, -0.1) is 0 Å². The largest absolute Gasteiger partial charge is 0.444 e. The van der Waals surface area contributed by atoms with Gasteiger partial charge in [0.1, 0.15) is 5.60 Å². The van der Waals surface area contributed by atoms with Crippen molar-refractivity contribution >= 4 is 6.09 Å². The van der Waals surface area contributed by atoms with Crippen LogP contribution in [-0.4, -0.2) is 30.0 Å². The second kappa shape index (κ2) is 5.86. The Morgan fingerprint density at radius 2 is 2.07 bits per heavy atom. The molecule has 0 bridgehead atoms. The Morgan fingerprint density at radius 3 is 2.50 bits per heavy atom. The molecule has 0 aliphatic heterocycles. The summed E-state index contributed by atoms with van der Waals surface area (Å²) in [6.07, 6.45) is 0.359. The lowest BCUT2D eigenvalue weighted by Crippen LogP contribution is -2.33. The van der Waals surface area contributed by atoms with Crippen molar-refractivity contribution in [2.45, 2.75) is 39.7 Å². The van der Waals surface area contributed by atoms with E-state index in [1.807, 2.05) is 27.7 Å². The number of nitrogens with one attached hydrogen (secondary N) is 1. The standard InChI is InChI=1S/C10H21NO3/c1-8(7-12)5-6-11-9(13)14-10(2,3)4/h8,12H,5-7H2,1-4H3,(H,11,13)/t8-/m1/s1. The highest BCUT2D eigenvalue weighted by Crippen LogP contribution is 2.06. The Morgan fingerprint density at radius 1 is 1.50 bits per heavy atom. The molecule has 0 aliphatic carbocycles. The third-order valence-corrected chi connectivity index (χ3v) is 1.62. The maximum Gasteiger partial charge on any atom is 0.407 e. The van der Waals surface area contributed by atoms with Crippen LogP contribution in [0.3, 0.4) is 0 Å². The molecule has 0 rings (SSSR count). The average molecular weight is 203 g/mol. The molecule has 2 N–H and O–H groups in total. The Hall–Kier alpha value is -0.770. The van der Waals surface area contributed by atoms with Crippen molar-refractivity contribution in [3.63, 3.8) is 0 Å². The molecule has 0 spiro atoms. The maximum atomic E-state index is 11.1. The number of aliphatic hydroxyl groups is 1. The molecular weight excluding hydrogens is 182 g/mol. The number of aliphatic hydroxyl groups excluding tert-OH is 1. The number of hydrogen-bond donors (Lipinski definition) is 2. The fourth-order valence-electron chi connectivity index (χ4n) is 0.826. The van der Waals surface area contributed by atoms with E-state index in [9.17, 15) is 4.79 Å². The van der Waals surface area contributed by atoms with E-state index >= 15 is 0 Å². The van der Waals surface area contributed by atoms with E-state index in [0.717, 1.165) is 6.42 Å². The molecule has 0 aliphatic rings. The molecule has 1 amide bonds. The molecule has 0 unspecified atom stereocenters. The number of hydrogen-bond acceptors (Lipinski definition) is 3. The lowest BCUT2D eigenvalue weighted by Gasteiger charge is -2.20. The number of amides is 1. The topological polar surface area (TPSA) is 58.6 Å². The van der Waals surface area contributed by atoms with Crippen LogP contribution in [0.2, 0.25) is 0 Å². The normalized spacial score (nSPS) is 13.5. The Kier molecular flexibility index (Phi) is 5.53. The SMILES string of the molecule is C[C@@H](CO)CCNC(=O)OC(C)(C)C. The molecule has 4 heteroatoms. The molecule has 0 aromatic rings. The molecule has 0 aromatic heterocycles. The van der Waals surface area contributed by atoms with Crippen molar-refractivity contribution in [1.29, 1.82) is 0 Å². The first kappa shape index (κ1) is 13.2. The van der Waals surface area contributed by atoms with Gasteiger partial charge in [-0.1, -0.05) is 6.92 Å². The van der Waals surface area contributed by atoms with Crippen molar-refractivity contribution in [2.75, 3.05) is 13.2 Å². The van der Waals surface area contributed by atoms with Crippen LogP contribution >= 0.6 is 0 Å². The summed E-state index contributed by atoms with van der Waals surface area (Å²) < 4.78 is 5.04. The van der Waals surface area contributed by atoms with Gasteiger partial charge in [0.15, 0.2) is 0 Å². The van der Waals surface area contributed by atoms with Gasteiger partial charge in [0.2, 0.25) is 0 Å². The summed E-state index contributed by atoms with van der Waals surface area (Å²) in [5.41, 5.74) is -0.452. The van der Waals surface area contributed by atoms with Crippen LogP contribution in [0, 0.1) is 5.92 Å². The molecule has 0 heterocycles. The summed E-state index contributed by atoms with van der Waals surface area (Å²) in [7, 11) is 0. The summed E-state index contributed by atoms with van der Waals surface area (Å²) in [5, 5.41) is 11.4. The lowest BCUT2D eigenvalue weighted by atomic mass is 10.1. The van der Waals surface area contributed by atoms with Crippen LogP contribution in [0.15, 0.2) is 0 Å². The minimum absolute atomic E-state index is 0.149. The molecule has 4 nitrogen and oxygen atoms in total. The fraction of sp³-hybridized carbons (Fsp3) is 0.900. The zero-order valence-electron chi connectivity index (χ0n) is 9.46. The third kappa shape index (κ3) is 7.86. The maximum absolute atomic E-state index is 11.1. The zero-order valence-corrected chi connectivity index (χ0v) is 9.46. The monoisotopic (exact) mass is 203 g/mol. The number of carbonyl (C=O) groups excluding carboxylic acids is 1. The Balaban J connectivity index is 3.55. The van der Waals surface area contributed by atoms with Crippen LogP contribution in [-0.2, 0) is 4.74 Å². The number of ether oxygens (including phenoxy) is 1. The molecule has 14 heavy (non-hydrogen) atoms. The number of alkyl carbamates (subject to hydrolysis) is 1. The molecule has 0 aromatic carbocycles. The van der Waals surface area contributed by atoms with Crippen molar-refractivity contribution in [3.8, 4) is 0 Å². The first-order valence-electron chi connectivity index (χ1n) is 4.93. The van der Waals surface area contributed by atoms with E-state index in [4.69, 9.17) is 9.84 Å². The van der Waals surface area contributed by atoms with Gasteiger partial charge in [0.25, 0.3) is 0 Å². The summed E-state index contributed by atoms with van der Waals surface area (Å²) >= 11 is 0. The predicted octanol–water partition coefficient (Wildman–Crippen LogP) is 1.53. The summed E-state index contributed by atoms with van der Waals surface area (Å²) in [6, 6.07) is 0. The van der Waals surface area contributed by atoms with Crippen molar-refractivity contribution in [2.24, 2.45) is 5.92 Å². The average Bonchev–Trinajstić information content (AvgIpc) is 2.00.